The molecule has 3 aliphatic rings. The van der Waals surface area contributed by atoms with Gasteiger partial charge in [-0.3, -0.25) is 14.5 Å². The van der Waals surface area contributed by atoms with Crippen LogP contribution in [0.5, 0.6) is 5.75 Å². The average Bonchev–Trinajstić information content (AvgIpc) is 3.74. The molecule has 5 aromatic rings. The van der Waals surface area contributed by atoms with Gasteiger partial charge < -0.3 is 9.64 Å². The molecule has 0 spiro atoms. The zero-order chi connectivity index (χ0) is 28.0. The van der Waals surface area contributed by atoms with Crippen LogP contribution in [0.1, 0.15) is 11.4 Å². The Morgan fingerprint density at radius 3 is 2.45 bits per heavy atom. The van der Waals surface area contributed by atoms with Crippen LogP contribution in [0, 0.1) is 23.2 Å². The molecule has 0 bridgehead atoms. The summed E-state index contributed by atoms with van der Waals surface area (Å²) in [5.41, 5.74) is 6.40. The summed E-state index contributed by atoms with van der Waals surface area (Å²) in [5, 5.41) is 9.15. The number of hydrogen-bond donors (Lipinski definition) is 0. The molecule has 206 valence electrons. The summed E-state index contributed by atoms with van der Waals surface area (Å²) in [6, 6.07) is 25.1. The summed E-state index contributed by atoms with van der Waals surface area (Å²) >= 11 is 0. The highest BCUT2D eigenvalue weighted by Gasteiger charge is 2.40. The Balaban J connectivity index is 1.01. The molecule has 42 heavy (non-hydrogen) atoms. The van der Waals surface area contributed by atoms with E-state index in [9.17, 15) is 0 Å². The van der Waals surface area contributed by atoms with E-state index in [0.717, 1.165) is 78.2 Å². The number of hydrogen-bond acceptors (Lipinski definition) is 8. The van der Waals surface area contributed by atoms with Crippen LogP contribution in [0.25, 0.3) is 33.9 Å². The number of likely N-dealkylation sites (tertiary alicyclic amines) is 1. The molecule has 9 heteroatoms. The van der Waals surface area contributed by atoms with E-state index in [-0.39, 0.29) is 5.82 Å². The van der Waals surface area contributed by atoms with Crippen LogP contribution in [0.4, 0.5) is 5.82 Å². The number of benzene rings is 2. The molecule has 2 aromatic carbocycles. The first-order valence-electron chi connectivity index (χ1n) is 14.3. The Morgan fingerprint density at radius 1 is 0.857 bits per heavy atom. The van der Waals surface area contributed by atoms with Crippen molar-refractivity contribution in [1.29, 1.82) is 5.26 Å². The van der Waals surface area contributed by atoms with Gasteiger partial charge in [-0.1, -0.05) is 54.6 Å². The molecule has 2 atom stereocenters. The predicted molar refractivity (Wildman–Crippen MR) is 158 cm³/mol. The molecular formula is C33H28N8O. The fourth-order valence-corrected chi connectivity index (χ4v) is 6.70. The van der Waals surface area contributed by atoms with E-state index < -0.39 is 0 Å². The summed E-state index contributed by atoms with van der Waals surface area (Å²) in [5.74, 6) is 4.00. The van der Waals surface area contributed by atoms with Crippen molar-refractivity contribution >= 4 is 5.82 Å². The number of fused-ring (bicyclic) bond motifs is 4. The molecule has 9 nitrogen and oxygen atoms in total. The number of rotatable bonds is 5. The van der Waals surface area contributed by atoms with Crippen molar-refractivity contribution in [2.24, 2.45) is 11.8 Å². The number of imidazole rings is 1. The smallest absolute Gasteiger partial charge is 0.234 e. The zero-order valence-electron chi connectivity index (χ0n) is 23.0. The lowest BCUT2D eigenvalue weighted by atomic mass is 10.0. The van der Waals surface area contributed by atoms with Crippen LogP contribution in [0.3, 0.4) is 0 Å². The van der Waals surface area contributed by atoms with Crippen LogP contribution >= 0.6 is 0 Å². The lowest BCUT2D eigenvalue weighted by molar-refractivity contribution is 0.231. The minimum atomic E-state index is 0.233. The minimum absolute atomic E-state index is 0.233. The maximum atomic E-state index is 9.15. The van der Waals surface area contributed by atoms with Gasteiger partial charge in [-0.25, -0.2) is 15.0 Å². The maximum Gasteiger partial charge on any atom is 0.234 e. The van der Waals surface area contributed by atoms with Crippen LogP contribution in [-0.2, 0) is 13.3 Å². The fourth-order valence-electron chi connectivity index (χ4n) is 6.70. The van der Waals surface area contributed by atoms with E-state index in [1.165, 1.54) is 5.56 Å². The van der Waals surface area contributed by atoms with Crippen molar-refractivity contribution in [3.63, 3.8) is 0 Å². The van der Waals surface area contributed by atoms with Crippen LogP contribution in [0.2, 0.25) is 0 Å². The molecule has 0 aliphatic carbocycles. The summed E-state index contributed by atoms with van der Waals surface area (Å²) in [7, 11) is 0. The van der Waals surface area contributed by atoms with E-state index >= 15 is 0 Å². The topological polar surface area (TPSA) is 96.0 Å². The van der Waals surface area contributed by atoms with Gasteiger partial charge in [0.05, 0.1) is 17.0 Å². The second-order valence-electron chi connectivity index (χ2n) is 11.2. The predicted octanol–water partition coefficient (Wildman–Crippen LogP) is 4.86. The molecular weight excluding hydrogens is 524 g/mol. The fraction of sp³-hybridized carbons (Fsp3) is 0.242. The number of ether oxygens (including phenoxy) is 1. The summed E-state index contributed by atoms with van der Waals surface area (Å²) < 4.78 is 8.23. The van der Waals surface area contributed by atoms with E-state index in [2.05, 4.69) is 77.8 Å². The highest BCUT2D eigenvalue weighted by molar-refractivity contribution is 5.83. The Morgan fingerprint density at radius 2 is 1.67 bits per heavy atom. The first-order valence-corrected chi connectivity index (χ1v) is 14.3. The Bertz CT molecular complexity index is 1800. The second-order valence-corrected chi connectivity index (χ2v) is 11.2. The van der Waals surface area contributed by atoms with Gasteiger partial charge in [-0.15, -0.1) is 0 Å². The summed E-state index contributed by atoms with van der Waals surface area (Å²) in [4.78, 5) is 22.8. The first-order chi connectivity index (χ1) is 20.7. The molecule has 2 fully saturated rings. The van der Waals surface area contributed by atoms with Crippen molar-refractivity contribution in [1.82, 2.24) is 29.4 Å². The van der Waals surface area contributed by atoms with E-state index in [0.29, 0.717) is 18.6 Å². The van der Waals surface area contributed by atoms with Gasteiger partial charge in [0.1, 0.15) is 23.5 Å². The maximum absolute atomic E-state index is 9.15. The van der Waals surface area contributed by atoms with Crippen LogP contribution in [0.15, 0.2) is 85.3 Å². The van der Waals surface area contributed by atoms with Crippen molar-refractivity contribution in [3.05, 3.63) is 96.7 Å². The lowest BCUT2D eigenvalue weighted by Crippen LogP contribution is -2.29. The minimum Gasteiger partial charge on any atom is -0.472 e. The third kappa shape index (κ3) is 4.28. The summed E-state index contributed by atoms with van der Waals surface area (Å²) in [6.45, 7) is 5.41. The SMILES string of the molecule is N#Cc1nccc(N2CC3CN(Cc4ccc(-c5nc6n(c5-c5ccccc5)COc5ccncc5-6)cc4)C[C@@H]3C2)n1. The second kappa shape index (κ2) is 10.1. The Labute approximate surface area is 243 Å². The average molecular weight is 553 g/mol. The number of nitrogens with zero attached hydrogens (tertiary/aromatic N) is 8. The van der Waals surface area contributed by atoms with E-state index in [1.54, 1.807) is 12.4 Å². The Kier molecular flexibility index (Phi) is 5.93. The van der Waals surface area contributed by atoms with Gasteiger partial charge in [-0.05, 0) is 29.5 Å². The molecule has 0 radical (unpaired) electrons. The van der Waals surface area contributed by atoms with Crippen molar-refractivity contribution in [2.45, 2.75) is 13.3 Å². The monoisotopic (exact) mass is 552 g/mol. The number of pyridine rings is 1. The lowest BCUT2D eigenvalue weighted by Gasteiger charge is -2.22. The van der Waals surface area contributed by atoms with Gasteiger partial charge in [-0.2, -0.15) is 5.26 Å². The molecule has 3 aliphatic heterocycles. The molecule has 0 amide bonds. The van der Waals surface area contributed by atoms with E-state index in [4.69, 9.17) is 15.0 Å². The van der Waals surface area contributed by atoms with Gasteiger partial charge in [0.15, 0.2) is 6.73 Å². The summed E-state index contributed by atoms with van der Waals surface area (Å²) in [6.07, 6.45) is 5.26. The van der Waals surface area contributed by atoms with Crippen molar-refractivity contribution in [3.8, 4) is 45.7 Å². The standard InChI is InChI=1S/C33H28N8O/c34-14-29-36-13-11-30(37-29)40-19-25-17-39(18-26(25)20-40)16-22-6-8-23(9-7-22)31-32(24-4-2-1-3-5-24)41-21-42-28-10-12-35-15-27(28)33(41)38-31/h1-13,15,25-26H,16-21H2/t25-,26?/m1/s1. The van der Waals surface area contributed by atoms with Crippen molar-refractivity contribution < 1.29 is 4.74 Å². The molecule has 2 saturated heterocycles. The molecule has 0 saturated carbocycles. The zero-order valence-corrected chi connectivity index (χ0v) is 23.0. The van der Waals surface area contributed by atoms with Gasteiger partial charge >= 0.3 is 0 Å². The Hall–Kier alpha value is -5.07. The third-order valence-corrected chi connectivity index (χ3v) is 8.65. The highest BCUT2D eigenvalue weighted by Crippen LogP contribution is 2.41. The van der Waals surface area contributed by atoms with E-state index in [1.807, 2.05) is 30.5 Å². The molecule has 0 N–H and O–H groups in total. The third-order valence-electron chi connectivity index (χ3n) is 8.65. The molecule has 6 heterocycles. The van der Waals surface area contributed by atoms with Gasteiger partial charge in [0.2, 0.25) is 5.82 Å². The molecule has 3 aromatic heterocycles. The van der Waals surface area contributed by atoms with Gasteiger partial charge in [0.25, 0.3) is 0 Å². The van der Waals surface area contributed by atoms with Crippen LogP contribution in [-0.4, -0.2) is 55.6 Å². The number of aromatic nitrogens is 5. The first kappa shape index (κ1) is 24.7. The van der Waals surface area contributed by atoms with Gasteiger partial charge in [0, 0.05) is 62.4 Å². The highest BCUT2D eigenvalue weighted by atomic mass is 16.5. The normalized spacial score (nSPS) is 19.1. The van der Waals surface area contributed by atoms with Crippen molar-refractivity contribution in [2.75, 3.05) is 31.1 Å². The number of anilines is 1. The quantitative estimate of drug-likeness (QED) is 0.305. The molecule has 8 rings (SSSR count). The van der Waals surface area contributed by atoms with Crippen LogP contribution < -0.4 is 9.64 Å². The largest absolute Gasteiger partial charge is 0.472 e. The number of nitriles is 1. The molecule has 1 unspecified atom stereocenters.